The van der Waals surface area contributed by atoms with Crippen LogP contribution in [-0.2, 0) is 64.5 Å². The van der Waals surface area contributed by atoms with Crippen molar-refractivity contribution in [1.29, 1.82) is 0 Å². The second-order valence-electron chi connectivity index (χ2n) is 21.8. The molecule has 21 heteroatoms. The predicted octanol–water partition coefficient (Wildman–Crippen LogP) is 15.8. The quantitative estimate of drug-likeness (QED) is 0.0184. The van der Waals surface area contributed by atoms with Gasteiger partial charge in [0.2, 0.25) is 0 Å². The summed E-state index contributed by atoms with van der Waals surface area (Å²) in [6, 6.07) is 0.738. The van der Waals surface area contributed by atoms with Crippen LogP contribution in [0.3, 0.4) is 0 Å². The number of hydrogen-bond donors (Lipinski definition) is 0. The molecular weight excluding hydrogens is 1100 g/mol. The first kappa shape index (κ1) is 74.0. The lowest BCUT2D eigenvalue weighted by Gasteiger charge is -2.47. The number of thiocarbonyl (C=S) groups is 1. The third-order valence-electron chi connectivity index (χ3n) is 14.9. The van der Waals surface area contributed by atoms with Gasteiger partial charge in [0.05, 0.1) is 37.9 Å². The van der Waals surface area contributed by atoms with Gasteiger partial charge in [-0.25, -0.2) is 14.4 Å². The Morgan fingerprint density at radius 3 is 1.55 bits per heavy atom. The van der Waals surface area contributed by atoms with E-state index in [0.717, 1.165) is 103 Å². The van der Waals surface area contributed by atoms with Gasteiger partial charge < -0.3 is 59.7 Å². The van der Waals surface area contributed by atoms with Crippen LogP contribution in [-0.4, -0.2) is 137 Å². The minimum absolute atomic E-state index is 0.0189. The summed E-state index contributed by atoms with van der Waals surface area (Å²) in [7, 11) is -7.29. The standard InChI is InChI=1S/C59H110O17S2Si2/c1-8-15-20-25-27-35-53(60)78-43-34-45-80(71-41-32-42-72-80)76-52(46-68-55(61)65-37-29-22-17-10-3)59(14-7,50-70-57(63)67-39-31-24-19-12-5)51-75-79(44-33-40-64-54(77)36-28-26-21-16-9-2)73-48-58(13-6,49-74-79)47-69-56(62)66-38-30-23-18-11-4/h52H,8-51H2,1-7H3. The van der Waals surface area contributed by atoms with Gasteiger partial charge in [0.1, 0.15) is 19.8 Å². The molecule has 468 valence electrons. The van der Waals surface area contributed by atoms with E-state index in [1.807, 2.05) is 13.8 Å². The van der Waals surface area contributed by atoms with Gasteiger partial charge in [-0.15, -0.1) is 0 Å². The predicted molar refractivity (Wildman–Crippen MR) is 322 cm³/mol. The molecule has 2 rings (SSSR count). The minimum Gasteiger partial charge on any atom is -0.487 e. The molecule has 0 aromatic carbocycles. The monoisotopic (exact) mass is 1210 g/mol. The highest BCUT2D eigenvalue weighted by molar-refractivity contribution is 8.13. The average Bonchev–Trinajstić information content (AvgIpc) is 3.51. The molecule has 0 aliphatic carbocycles. The van der Waals surface area contributed by atoms with Crippen molar-refractivity contribution in [3.63, 3.8) is 0 Å². The van der Waals surface area contributed by atoms with E-state index in [9.17, 15) is 19.2 Å². The number of unbranched alkanes of at least 4 members (excludes halogenated alkanes) is 17. The first-order valence-electron chi connectivity index (χ1n) is 31.4. The Kier molecular flexibility index (Phi) is 42.8. The Labute approximate surface area is 495 Å². The van der Waals surface area contributed by atoms with Gasteiger partial charge >= 0.3 is 36.1 Å². The topological polar surface area (TPSA) is 188 Å². The van der Waals surface area contributed by atoms with Crippen molar-refractivity contribution >= 4 is 70.2 Å². The summed E-state index contributed by atoms with van der Waals surface area (Å²) in [5.41, 5.74) is -1.94. The first-order valence-corrected chi connectivity index (χ1v) is 36.7. The normalized spacial score (nSPS) is 19.1. The number of ether oxygens (including phenoxy) is 7. The van der Waals surface area contributed by atoms with E-state index in [1.54, 1.807) is 0 Å². The van der Waals surface area contributed by atoms with Crippen LogP contribution in [0.2, 0.25) is 12.1 Å². The van der Waals surface area contributed by atoms with Crippen LogP contribution in [0.4, 0.5) is 14.4 Å². The fourth-order valence-electron chi connectivity index (χ4n) is 9.17. The maximum absolute atomic E-state index is 13.5. The molecule has 0 radical (unpaired) electrons. The van der Waals surface area contributed by atoms with Crippen molar-refractivity contribution in [1.82, 2.24) is 0 Å². The number of carbonyl (C=O) groups is 4. The van der Waals surface area contributed by atoms with Crippen LogP contribution >= 0.6 is 24.0 Å². The lowest BCUT2D eigenvalue weighted by molar-refractivity contribution is -0.130. The zero-order valence-corrected chi connectivity index (χ0v) is 54.6. The smallest absolute Gasteiger partial charge is 0.487 e. The molecule has 80 heavy (non-hydrogen) atoms. The van der Waals surface area contributed by atoms with E-state index in [4.69, 9.17) is 71.9 Å². The summed E-state index contributed by atoms with van der Waals surface area (Å²) >= 11 is 6.96. The SMILES string of the molecule is CCCCCCCC(=O)SCCC[Si]1(OC(COC(=O)OCCCCCC)C(CC)(COC(=O)OCCCCCC)CO[Si]2(CCCOC(=S)CCCCCCC)OCC(CC)(COC(=O)OCCCCCC)CO2)OCCCO1. The lowest BCUT2D eigenvalue weighted by Crippen LogP contribution is -2.61. The van der Waals surface area contributed by atoms with E-state index in [1.165, 1.54) is 37.4 Å². The van der Waals surface area contributed by atoms with E-state index in [0.29, 0.717) is 94.1 Å². The highest BCUT2D eigenvalue weighted by Crippen LogP contribution is 2.40. The van der Waals surface area contributed by atoms with Gasteiger partial charge in [0, 0.05) is 69.1 Å². The van der Waals surface area contributed by atoms with Crippen molar-refractivity contribution < 1.29 is 78.9 Å². The third kappa shape index (κ3) is 32.8. The fraction of sp³-hybridized carbons (Fsp3) is 0.915. The molecule has 0 aromatic rings. The summed E-state index contributed by atoms with van der Waals surface area (Å²) in [6.45, 7) is 16.1. The largest absolute Gasteiger partial charge is 0.508 e. The second-order valence-corrected chi connectivity index (χ2v) is 28.8. The van der Waals surface area contributed by atoms with E-state index in [2.05, 4.69) is 34.6 Å². The van der Waals surface area contributed by atoms with Crippen molar-refractivity contribution in [2.45, 2.75) is 253 Å². The Hall–Kier alpha value is -2.09. The molecule has 2 saturated heterocycles. The van der Waals surface area contributed by atoms with Crippen molar-refractivity contribution in [3.05, 3.63) is 0 Å². The highest BCUT2D eigenvalue weighted by atomic mass is 32.2. The number of thioether (sulfide) groups is 1. The van der Waals surface area contributed by atoms with Crippen LogP contribution < -0.4 is 0 Å². The minimum atomic E-state index is -3.69. The van der Waals surface area contributed by atoms with Gasteiger partial charge in [-0.3, -0.25) is 4.79 Å². The molecule has 0 spiro atoms. The molecule has 2 aliphatic rings. The van der Waals surface area contributed by atoms with Crippen molar-refractivity contribution in [2.75, 3.05) is 85.0 Å². The number of rotatable bonds is 49. The van der Waals surface area contributed by atoms with Crippen LogP contribution in [0, 0.1) is 10.8 Å². The summed E-state index contributed by atoms with van der Waals surface area (Å²) in [5.74, 6) is 0.556. The van der Waals surface area contributed by atoms with E-state index < -0.39 is 53.0 Å². The van der Waals surface area contributed by atoms with Crippen molar-refractivity contribution in [2.24, 2.45) is 10.8 Å². The third-order valence-corrected chi connectivity index (χ3v) is 21.9. The molecule has 0 saturated carbocycles. The van der Waals surface area contributed by atoms with Gasteiger partial charge in [-0.1, -0.05) is 169 Å². The summed E-state index contributed by atoms with van der Waals surface area (Å²) in [6.07, 6.45) is 22.5. The Morgan fingerprint density at radius 1 is 0.525 bits per heavy atom. The van der Waals surface area contributed by atoms with Gasteiger partial charge in [0.25, 0.3) is 0 Å². The Balaban J connectivity index is 2.57. The van der Waals surface area contributed by atoms with Gasteiger partial charge in [0.15, 0.2) is 10.2 Å². The average molecular weight is 1210 g/mol. The van der Waals surface area contributed by atoms with E-state index >= 15 is 0 Å². The molecule has 2 heterocycles. The first-order chi connectivity index (χ1) is 38.8. The zero-order valence-electron chi connectivity index (χ0n) is 50.9. The van der Waals surface area contributed by atoms with Crippen LogP contribution in [0.25, 0.3) is 0 Å². The molecule has 0 aromatic heterocycles. The molecule has 0 N–H and O–H groups in total. The molecular formula is C59H110O17S2Si2. The second kappa shape index (κ2) is 46.2. The van der Waals surface area contributed by atoms with E-state index in [-0.39, 0.29) is 71.0 Å². The Bertz CT molecular complexity index is 1620. The Morgan fingerprint density at radius 2 is 1.01 bits per heavy atom. The maximum atomic E-state index is 13.5. The molecule has 2 atom stereocenters. The molecule has 0 bridgehead atoms. The maximum Gasteiger partial charge on any atom is 0.508 e. The van der Waals surface area contributed by atoms with Gasteiger partial charge in [-0.2, -0.15) is 0 Å². The summed E-state index contributed by atoms with van der Waals surface area (Å²) in [5, 5.41) is 0.728. The molecule has 2 fully saturated rings. The summed E-state index contributed by atoms with van der Waals surface area (Å²) in [4.78, 5) is 52.7. The van der Waals surface area contributed by atoms with Crippen LogP contribution in [0.15, 0.2) is 0 Å². The summed E-state index contributed by atoms with van der Waals surface area (Å²) < 4.78 is 81.5. The van der Waals surface area contributed by atoms with Gasteiger partial charge in [-0.05, 0) is 76.4 Å². The number of carbonyl (C=O) groups excluding carboxylic acids is 4. The number of hydrogen-bond acceptors (Lipinski definition) is 19. The fourth-order valence-corrected chi connectivity index (χ4v) is 16.2. The van der Waals surface area contributed by atoms with Crippen LogP contribution in [0.1, 0.15) is 235 Å². The van der Waals surface area contributed by atoms with Crippen LogP contribution in [0.5, 0.6) is 0 Å². The lowest BCUT2D eigenvalue weighted by atomic mass is 9.81. The highest BCUT2D eigenvalue weighted by Gasteiger charge is 2.55. The molecule has 2 aliphatic heterocycles. The zero-order chi connectivity index (χ0) is 58.5. The molecule has 0 amide bonds. The molecule has 17 nitrogen and oxygen atoms in total. The molecule has 2 unspecified atom stereocenters. The van der Waals surface area contributed by atoms with Crippen molar-refractivity contribution in [3.8, 4) is 0 Å².